The summed E-state index contributed by atoms with van der Waals surface area (Å²) in [7, 11) is 0. The number of aliphatic hydroxyl groups excluding tert-OH is 1. The first-order valence-corrected chi connectivity index (χ1v) is 5.70. The monoisotopic (exact) mass is 258 g/mol. The number of amidine groups is 1. The molecule has 1 N–H and O–H groups in total. The maximum absolute atomic E-state index is 10.5. The molecule has 2 rings (SSSR count). The molecule has 8 nitrogen and oxygen atoms in total. The quantitative estimate of drug-likeness (QED) is 0.618. The summed E-state index contributed by atoms with van der Waals surface area (Å²) < 4.78 is 5.25. The van der Waals surface area contributed by atoms with E-state index in [4.69, 9.17) is 9.84 Å². The van der Waals surface area contributed by atoms with Crippen LogP contribution in [0.25, 0.3) is 0 Å². The van der Waals surface area contributed by atoms with Gasteiger partial charge >= 0.3 is 5.00 Å². The minimum absolute atomic E-state index is 0.000394. The summed E-state index contributed by atoms with van der Waals surface area (Å²) in [5.41, 5.74) is 0. The van der Waals surface area contributed by atoms with E-state index in [1.807, 2.05) is 0 Å². The van der Waals surface area contributed by atoms with Gasteiger partial charge in [0.15, 0.2) is 0 Å². The average molecular weight is 258 g/mol. The highest BCUT2D eigenvalue weighted by molar-refractivity contribution is 7.18. The van der Waals surface area contributed by atoms with Crippen molar-refractivity contribution in [3.63, 3.8) is 0 Å². The third-order valence-corrected chi connectivity index (χ3v) is 2.93. The van der Waals surface area contributed by atoms with Crippen molar-refractivity contribution in [3.05, 3.63) is 16.3 Å². The minimum Gasteiger partial charge on any atom is -0.463 e. The Morgan fingerprint density at radius 1 is 1.76 bits per heavy atom. The van der Waals surface area contributed by atoms with Crippen molar-refractivity contribution in [3.8, 4) is 0 Å². The second-order valence-electron chi connectivity index (χ2n) is 3.19. The van der Waals surface area contributed by atoms with Crippen molar-refractivity contribution in [2.24, 2.45) is 4.99 Å². The smallest absolute Gasteiger partial charge is 0.345 e. The number of rotatable bonds is 4. The molecule has 1 aliphatic heterocycles. The molecule has 1 aromatic rings. The molecule has 0 saturated carbocycles. The lowest BCUT2D eigenvalue weighted by Gasteiger charge is -2.12. The fourth-order valence-electron chi connectivity index (χ4n) is 1.34. The van der Waals surface area contributed by atoms with E-state index in [-0.39, 0.29) is 16.7 Å². The van der Waals surface area contributed by atoms with Gasteiger partial charge in [-0.15, -0.1) is 0 Å². The number of β-amino-alcohol motifs (C(OH)–C–C–N with tert-alkyl or cyclic N) is 1. The van der Waals surface area contributed by atoms with Gasteiger partial charge in [0.1, 0.15) is 12.8 Å². The Labute approximate surface area is 100 Å². The Hall–Kier alpha value is -1.74. The van der Waals surface area contributed by atoms with Crippen molar-refractivity contribution < 1.29 is 14.8 Å². The molecule has 0 amide bonds. The zero-order valence-electron chi connectivity index (χ0n) is 8.77. The van der Waals surface area contributed by atoms with Crippen LogP contribution < -0.4 is 0 Å². The molecule has 1 aliphatic rings. The third kappa shape index (κ3) is 2.68. The number of nitro groups is 1. The lowest BCUT2D eigenvalue weighted by atomic mass is 10.5. The summed E-state index contributed by atoms with van der Waals surface area (Å²) >= 11 is 0.881. The number of aliphatic hydroxyl groups is 1. The van der Waals surface area contributed by atoms with Gasteiger partial charge < -0.3 is 14.7 Å². The predicted octanol–water partition coefficient (Wildman–Crippen LogP) is 0.363. The molecule has 1 fully saturated rings. The zero-order chi connectivity index (χ0) is 12.3. The number of ether oxygens (including phenoxy) is 1. The molecular weight excluding hydrogens is 248 g/mol. The molecule has 92 valence electrons. The highest BCUT2D eigenvalue weighted by Gasteiger charge is 2.21. The molecule has 0 spiro atoms. The van der Waals surface area contributed by atoms with Crippen LogP contribution in [-0.4, -0.2) is 52.2 Å². The predicted molar refractivity (Wildman–Crippen MR) is 60.5 cm³/mol. The lowest BCUT2D eigenvalue weighted by Crippen LogP contribution is -2.28. The first-order valence-electron chi connectivity index (χ1n) is 4.88. The van der Waals surface area contributed by atoms with Crippen LogP contribution in [0.1, 0.15) is 0 Å². The Morgan fingerprint density at radius 2 is 2.59 bits per heavy atom. The second-order valence-corrected chi connectivity index (χ2v) is 4.18. The zero-order valence-corrected chi connectivity index (χ0v) is 9.59. The Bertz CT molecular complexity index is 446. The summed E-state index contributed by atoms with van der Waals surface area (Å²) in [4.78, 5) is 19.6. The summed E-state index contributed by atoms with van der Waals surface area (Å²) in [6.45, 7) is 1.56. The Balaban J connectivity index is 2.14. The fourth-order valence-corrected chi connectivity index (χ4v) is 1.94. The van der Waals surface area contributed by atoms with E-state index in [9.17, 15) is 10.1 Å². The van der Waals surface area contributed by atoms with E-state index < -0.39 is 4.92 Å². The summed E-state index contributed by atoms with van der Waals surface area (Å²) in [5, 5.41) is 19.5. The Kier molecular flexibility index (Phi) is 3.49. The van der Waals surface area contributed by atoms with Gasteiger partial charge in [-0.25, -0.2) is 4.98 Å². The van der Waals surface area contributed by atoms with E-state index in [0.717, 1.165) is 17.5 Å². The summed E-state index contributed by atoms with van der Waals surface area (Å²) in [6.07, 6.45) is 1.16. The van der Waals surface area contributed by atoms with Crippen LogP contribution in [0, 0.1) is 10.1 Å². The molecule has 0 unspecified atom stereocenters. The molecule has 0 radical (unpaired) electrons. The minimum atomic E-state index is -0.512. The van der Waals surface area contributed by atoms with Crippen LogP contribution in [-0.2, 0) is 4.74 Å². The van der Waals surface area contributed by atoms with Gasteiger partial charge in [0, 0.05) is 6.54 Å². The van der Waals surface area contributed by atoms with Crippen molar-refractivity contribution >= 4 is 27.5 Å². The van der Waals surface area contributed by atoms with Crippen molar-refractivity contribution in [1.82, 2.24) is 9.88 Å². The highest BCUT2D eigenvalue weighted by Crippen LogP contribution is 2.28. The first kappa shape index (κ1) is 11.7. The van der Waals surface area contributed by atoms with Crippen molar-refractivity contribution in [2.75, 3.05) is 26.3 Å². The maximum Gasteiger partial charge on any atom is 0.345 e. The molecule has 0 aliphatic carbocycles. The second kappa shape index (κ2) is 5.06. The van der Waals surface area contributed by atoms with Gasteiger partial charge in [0.25, 0.3) is 6.02 Å². The van der Waals surface area contributed by atoms with E-state index in [1.165, 1.54) is 0 Å². The normalized spacial score (nSPS) is 17.5. The number of aliphatic imine (C=N–C) groups is 1. The molecule has 2 heterocycles. The topological polar surface area (TPSA) is 101 Å². The number of nitrogens with zero attached hydrogens (tertiary/aromatic N) is 4. The first-order chi connectivity index (χ1) is 8.20. The summed E-state index contributed by atoms with van der Waals surface area (Å²) in [5.74, 6) is 0. The molecule has 0 aromatic carbocycles. The fraction of sp³-hybridized carbons (Fsp3) is 0.500. The number of aromatic nitrogens is 1. The van der Waals surface area contributed by atoms with Crippen LogP contribution in [0.15, 0.2) is 11.2 Å². The SMILES string of the molecule is O=[N+]([O-])c1cnc(/N=C2\OCCN2CCO)s1. The third-order valence-electron chi connectivity index (χ3n) is 2.09. The molecule has 0 bridgehead atoms. The van der Waals surface area contributed by atoms with Gasteiger partial charge in [-0.2, -0.15) is 4.99 Å². The van der Waals surface area contributed by atoms with Crippen molar-refractivity contribution in [1.29, 1.82) is 0 Å². The average Bonchev–Trinajstić information content (AvgIpc) is 2.90. The van der Waals surface area contributed by atoms with E-state index in [0.29, 0.717) is 25.7 Å². The highest BCUT2D eigenvalue weighted by atomic mass is 32.1. The lowest BCUT2D eigenvalue weighted by molar-refractivity contribution is -0.380. The van der Waals surface area contributed by atoms with Crippen LogP contribution >= 0.6 is 11.3 Å². The van der Waals surface area contributed by atoms with Gasteiger partial charge in [-0.05, 0) is 11.3 Å². The Morgan fingerprint density at radius 3 is 3.24 bits per heavy atom. The van der Waals surface area contributed by atoms with E-state index >= 15 is 0 Å². The molecule has 9 heteroatoms. The molecule has 1 saturated heterocycles. The molecule has 0 atom stereocenters. The standard InChI is InChI=1S/C8H10N4O4S/c13-3-1-11-2-4-16-8(11)10-7-9-5-6(17-7)12(14)15/h5,13H,1-4H2/b10-8-. The molecule has 1 aromatic heterocycles. The number of thiazole rings is 1. The van der Waals surface area contributed by atoms with Crippen LogP contribution in [0.5, 0.6) is 0 Å². The van der Waals surface area contributed by atoms with E-state index in [1.54, 1.807) is 4.90 Å². The molecule has 17 heavy (non-hydrogen) atoms. The number of hydrogen-bond acceptors (Lipinski definition) is 7. The largest absolute Gasteiger partial charge is 0.463 e. The van der Waals surface area contributed by atoms with Crippen molar-refractivity contribution in [2.45, 2.75) is 0 Å². The summed E-state index contributed by atoms with van der Waals surface area (Å²) in [6, 6.07) is 0.350. The van der Waals surface area contributed by atoms with Gasteiger partial charge in [0.05, 0.1) is 18.1 Å². The van der Waals surface area contributed by atoms with Crippen LogP contribution in [0.4, 0.5) is 10.1 Å². The van der Waals surface area contributed by atoms with E-state index in [2.05, 4.69) is 9.98 Å². The van der Waals surface area contributed by atoms with Gasteiger partial charge in [-0.3, -0.25) is 10.1 Å². The number of hydrogen-bond donors (Lipinski definition) is 1. The van der Waals surface area contributed by atoms with Crippen LogP contribution in [0.2, 0.25) is 0 Å². The maximum atomic E-state index is 10.5. The molecular formula is C8H10N4O4S. The van der Waals surface area contributed by atoms with Gasteiger partial charge in [0.2, 0.25) is 5.13 Å². The van der Waals surface area contributed by atoms with Gasteiger partial charge in [-0.1, -0.05) is 0 Å². The van der Waals surface area contributed by atoms with Crippen LogP contribution in [0.3, 0.4) is 0 Å².